The van der Waals surface area contributed by atoms with Crippen LogP contribution in [0.3, 0.4) is 0 Å². The average Bonchev–Trinajstić information content (AvgIpc) is 2.65. The van der Waals surface area contributed by atoms with Crippen molar-refractivity contribution < 1.29 is 0 Å². The van der Waals surface area contributed by atoms with Crippen LogP contribution in [0.15, 0.2) is 4.99 Å². The molecule has 0 radical (unpaired) electrons. The van der Waals surface area contributed by atoms with Crippen LogP contribution in [0, 0.1) is 0 Å². The molecule has 0 saturated carbocycles. The molecule has 1 rings (SSSR count). The molecule has 0 bridgehead atoms. The maximum absolute atomic E-state index is 4.48. The molecule has 1 aliphatic heterocycles. The molecular formula is C11H23N3S. The number of rotatable bonds is 6. The molecule has 0 aromatic heterocycles. The molecule has 15 heavy (non-hydrogen) atoms. The summed E-state index contributed by atoms with van der Waals surface area (Å²) in [6.07, 6.45) is 3.71. The van der Waals surface area contributed by atoms with Crippen LogP contribution in [-0.2, 0) is 0 Å². The van der Waals surface area contributed by atoms with Gasteiger partial charge in [0.15, 0.2) is 5.17 Å². The highest BCUT2D eigenvalue weighted by Gasteiger charge is 2.16. The molecule has 1 N–H and O–H groups in total. The van der Waals surface area contributed by atoms with Gasteiger partial charge in [-0.2, -0.15) is 0 Å². The van der Waals surface area contributed by atoms with E-state index in [1.54, 1.807) is 0 Å². The fourth-order valence-corrected chi connectivity index (χ4v) is 2.44. The summed E-state index contributed by atoms with van der Waals surface area (Å²) >= 11 is 1.90. The van der Waals surface area contributed by atoms with Crippen LogP contribution in [0.4, 0.5) is 0 Å². The van der Waals surface area contributed by atoms with Crippen LogP contribution in [0.25, 0.3) is 0 Å². The van der Waals surface area contributed by atoms with Crippen LogP contribution in [0.2, 0.25) is 0 Å². The fraction of sp³-hybridized carbons (Fsp3) is 0.909. The standard InChI is InChI=1S/C11H23N3S/c1-4-10-9-13-11(15-10)12-7-5-6-8-14(2)3/h10H,4-9H2,1-3H3,(H,12,13). The van der Waals surface area contributed by atoms with Gasteiger partial charge in [0.25, 0.3) is 0 Å². The molecule has 1 atom stereocenters. The highest BCUT2D eigenvalue weighted by atomic mass is 32.2. The number of unbranched alkanes of at least 4 members (excludes halogenated alkanes) is 1. The van der Waals surface area contributed by atoms with Crippen molar-refractivity contribution in [2.24, 2.45) is 4.99 Å². The summed E-state index contributed by atoms with van der Waals surface area (Å²) in [7, 11) is 4.24. The molecular weight excluding hydrogens is 206 g/mol. The summed E-state index contributed by atoms with van der Waals surface area (Å²) in [5.74, 6) is 0. The third-order valence-corrected chi connectivity index (χ3v) is 3.79. The van der Waals surface area contributed by atoms with E-state index < -0.39 is 0 Å². The molecule has 1 unspecified atom stereocenters. The van der Waals surface area contributed by atoms with E-state index >= 15 is 0 Å². The van der Waals surface area contributed by atoms with Gasteiger partial charge in [0.05, 0.1) is 6.54 Å². The molecule has 0 spiro atoms. The Balaban J connectivity index is 1.97. The van der Waals surface area contributed by atoms with E-state index in [0.717, 1.165) is 18.3 Å². The molecule has 0 amide bonds. The minimum Gasteiger partial charge on any atom is -0.365 e. The lowest BCUT2D eigenvalue weighted by Gasteiger charge is -2.10. The van der Waals surface area contributed by atoms with E-state index in [-0.39, 0.29) is 0 Å². The number of hydrogen-bond donors (Lipinski definition) is 1. The normalized spacial score (nSPS) is 20.8. The summed E-state index contributed by atoms with van der Waals surface area (Å²) in [6, 6.07) is 0. The van der Waals surface area contributed by atoms with Crippen molar-refractivity contribution in [2.75, 3.05) is 33.7 Å². The third-order valence-electron chi connectivity index (χ3n) is 2.48. The molecule has 0 aromatic carbocycles. The zero-order valence-electron chi connectivity index (χ0n) is 10.1. The monoisotopic (exact) mass is 229 g/mol. The molecule has 0 aliphatic carbocycles. The summed E-state index contributed by atoms with van der Waals surface area (Å²) < 4.78 is 0. The molecule has 0 fully saturated rings. The zero-order chi connectivity index (χ0) is 11.1. The predicted octanol–water partition coefficient (Wildman–Crippen LogP) is 1.80. The lowest BCUT2D eigenvalue weighted by atomic mass is 10.3. The van der Waals surface area contributed by atoms with Crippen molar-refractivity contribution in [1.29, 1.82) is 0 Å². The first-order valence-corrected chi connectivity index (χ1v) is 6.70. The Kier molecular flexibility index (Phi) is 6.10. The van der Waals surface area contributed by atoms with E-state index in [0.29, 0.717) is 5.25 Å². The van der Waals surface area contributed by atoms with Crippen molar-refractivity contribution in [1.82, 2.24) is 10.2 Å². The zero-order valence-corrected chi connectivity index (χ0v) is 10.9. The molecule has 3 nitrogen and oxygen atoms in total. The largest absolute Gasteiger partial charge is 0.365 e. The van der Waals surface area contributed by atoms with Crippen LogP contribution in [0.1, 0.15) is 26.2 Å². The average molecular weight is 229 g/mol. The third kappa shape index (κ3) is 5.42. The van der Waals surface area contributed by atoms with E-state index in [1.807, 2.05) is 11.8 Å². The number of hydrogen-bond acceptors (Lipinski definition) is 4. The summed E-state index contributed by atoms with van der Waals surface area (Å²) in [5.41, 5.74) is 0. The number of nitrogens with zero attached hydrogens (tertiary/aromatic N) is 2. The highest BCUT2D eigenvalue weighted by Crippen LogP contribution is 2.21. The fourth-order valence-electron chi connectivity index (χ4n) is 1.48. The molecule has 4 heteroatoms. The summed E-state index contributed by atoms with van der Waals surface area (Å²) in [6.45, 7) is 5.48. The second-order valence-corrected chi connectivity index (χ2v) is 5.52. The predicted molar refractivity (Wildman–Crippen MR) is 69.8 cm³/mol. The lowest BCUT2D eigenvalue weighted by molar-refractivity contribution is 0.394. The Morgan fingerprint density at radius 1 is 1.47 bits per heavy atom. The maximum Gasteiger partial charge on any atom is 0.156 e. The highest BCUT2D eigenvalue weighted by molar-refractivity contribution is 8.14. The maximum atomic E-state index is 4.48. The van der Waals surface area contributed by atoms with Gasteiger partial charge in [0, 0.05) is 11.8 Å². The lowest BCUT2D eigenvalue weighted by Crippen LogP contribution is -2.22. The minimum absolute atomic E-state index is 0.717. The van der Waals surface area contributed by atoms with Gasteiger partial charge in [-0.25, -0.2) is 0 Å². The van der Waals surface area contributed by atoms with Crippen LogP contribution in [0.5, 0.6) is 0 Å². The smallest absolute Gasteiger partial charge is 0.156 e. The van der Waals surface area contributed by atoms with Crippen molar-refractivity contribution in [3.8, 4) is 0 Å². The summed E-state index contributed by atoms with van der Waals surface area (Å²) in [5, 5.41) is 5.29. The number of aliphatic imine (C=N–C) groups is 1. The van der Waals surface area contributed by atoms with Crippen molar-refractivity contribution in [3.63, 3.8) is 0 Å². The molecule has 1 heterocycles. The van der Waals surface area contributed by atoms with Crippen LogP contribution in [-0.4, -0.2) is 49.0 Å². The van der Waals surface area contributed by atoms with Gasteiger partial charge in [-0.05, 0) is 39.9 Å². The van der Waals surface area contributed by atoms with Crippen LogP contribution >= 0.6 is 11.8 Å². The van der Waals surface area contributed by atoms with Gasteiger partial charge in [-0.15, -0.1) is 0 Å². The Bertz CT molecular complexity index is 204. The molecule has 88 valence electrons. The van der Waals surface area contributed by atoms with Crippen molar-refractivity contribution in [2.45, 2.75) is 31.4 Å². The van der Waals surface area contributed by atoms with E-state index in [1.165, 1.54) is 25.8 Å². The first-order chi connectivity index (χ1) is 7.22. The van der Waals surface area contributed by atoms with Gasteiger partial charge in [-0.1, -0.05) is 18.7 Å². The Morgan fingerprint density at radius 3 is 2.87 bits per heavy atom. The number of nitrogens with one attached hydrogen (secondary N) is 1. The molecule has 0 saturated heterocycles. The second kappa shape index (κ2) is 7.12. The van der Waals surface area contributed by atoms with Gasteiger partial charge < -0.3 is 10.2 Å². The Hall–Kier alpha value is -0.220. The Morgan fingerprint density at radius 2 is 2.27 bits per heavy atom. The topological polar surface area (TPSA) is 27.6 Å². The van der Waals surface area contributed by atoms with E-state index in [4.69, 9.17) is 0 Å². The number of thioether (sulfide) groups is 1. The first-order valence-electron chi connectivity index (χ1n) is 5.82. The van der Waals surface area contributed by atoms with Crippen LogP contribution < -0.4 is 5.32 Å². The van der Waals surface area contributed by atoms with Gasteiger partial charge in [0.1, 0.15) is 0 Å². The molecule has 1 aliphatic rings. The molecule has 0 aromatic rings. The second-order valence-electron chi connectivity index (χ2n) is 4.23. The number of amidine groups is 1. The minimum atomic E-state index is 0.717. The van der Waals surface area contributed by atoms with Gasteiger partial charge in [0.2, 0.25) is 0 Å². The van der Waals surface area contributed by atoms with E-state index in [2.05, 4.69) is 36.2 Å². The van der Waals surface area contributed by atoms with Gasteiger partial charge in [-0.3, -0.25) is 4.99 Å². The van der Waals surface area contributed by atoms with E-state index in [9.17, 15) is 0 Å². The first kappa shape index (κ1) is 12.8. The Labute approximate surface area is 97.7 Å². The SMILES string of the molecule is CCC1CN=C(NCCCCN(C)C)S1. The summed E-state index contributed by atoms with van der Waals surface area (Å²) in [4.78, 5) is 6.71. The van der Waals surface area contributed by atoms with Gasteiger partial charge >= 0.3 is 0 Å². The van der Waals surface area contributed by atoms with Crippen molar-refractivity contribution >= 4 is 16.9 Å². The quantitative estimate of drug-likeness (QED) is 0.704. The van der Waals surface area contributed by atoms with Crippen molar-refractivity contribution in [3.05, 3.63) is 0 Å².